The summed E-state index contributed by atoms with van der Waals surface area (Å²) in [4.78, 5) is 50.1. The number of rotatable bonds is 11. The fourth-order valence-electron chi connectivity index (χ4n) is 4.14. The number of likely N-dealkylation sites (tertiary alicyclic amines) is 1. The van der Waals surface area contributed by atoms with Crippen molar-refractivity contribution in [1.29, 1.82) is 0 Å². The van der Waals surface area contributed by atoms with Crippen LogP contribution < -0.4 is 5.32 Å². The SMILES string of the molecule is CCOC(=O)[C@@H](NC(=O)[C@H]1C[C@H](O)CN1C(=O)CCCC(=O)O)[C@@H](C)O[C@@H]1O[C@@H](C)[C@@H](O)C(O)C1O. The molecule has 0 aromatic heterocycles. The summed E-state index contributed by atoms with van der Waals surface area (Å²) in [5.74, 6) is -3.20. The molecule has 2 unspecified atom stereocenters. The van der Waals surface area contributed by atoms with Gasteiger partial charge in [0, 0.05) is 25.8 Å². The smallest absolute Gasteiger partial charge is 0.331 e. The molecular weight excluding hydrogens is 484 g/mol. The molecule has 0 spiro atoms. The fraction of sp³-hybridized carbons (Fsp3) is 0.818. The van der Waals surface area contributed by atoms with Crippen molar-refractivity contribution in [3.63, 3.8) is 0 Å². The number of amides is 2. The summed E-state index contributed by atoms with van der Waals surface area (Å²) in [6.45, 7) is 4.27. The predicted octanol–water partition coefficient (Wildman–Crippen LogP) is -2.52. The zero-order valence-corrected chi connectivity index (χ0v) is 20.5. The molecule has 2 amide bonds. The van der Waals surface area contributed by atoms with Gasteiger partial charge in [-0.1, -0.05) is 0 Å². The van der Waals surface area contributed by atoms with E-state index in [1.54, 1.807) is 6.92 Å². The van der Waals surface area contributed by atoms with Gasteiger partial charge in [-0.2, -0.15) is 0 Å². The van der Waals surface area contributed by atoms with Crippen LogP contribution in [0.1, 0.15) is 46.5 Å². The van der Waals surface area contributed by atoms with Crippen LogP contribution in [0.15, 0.2) is 0 Å². The maximum absolute atomic E-state index is 13.1. The molecular formula is C22H36N2O12. The minimum atomic E-state index is -1.64. The Morgan fingerprint density at radius 3 is 2.36 bits per heavy atom. The highest BCUT2D eigenvalue weighted by atomic mass is 16.7. The molecule has 2 fully saturated rings. The van der Waals surface area contributed by atoms with Crippen LogP contribution in [0.2, 0.25) is 0 Å². The highest BCUT2D eigenvalue weighted by molar-refractivity contribution is 5.91. The van der Waals surface area contributed by atoms with Gasteiger partial charge < -0.3 is 50.0 Å². The van der Waals surface area contributed by atoms with E-state index >= 15 is 0 Å². The Bertz CT molecular complexity index is 795. The third kappa shape index (κ3) is 7.57. The Labute approximate surface area is 208 Å². The van der Waals surface area contributed by atoms with Crippen LogP contribution in [0.5, 0.6) is 0 Å². The Hall–Kier alpha value is -2.36. The van der Waals surface area contributed by atoms with Crippen molar-refractivity contribution in [2.24, 2.45) is 0 Å². The molecule has 14 heteroatoms. The minimum Gasteiger partial charge on any atom is -0.481 e. The van der Waals surface area contributed by atoms with Crippen LogP contribution >= 0.6 is 0 Å². The van der Waals surface area contributed by atoms with Crippen LogP contribution in [-0.4, -0.2) is 122 Å². The molecule has 9 atom stereocenters. The molecule has 0 aromatic carbocycles. The van der Waals surface area contributed by atoms with E-state index in [1.165, 1.54) is 13.8 Å². The molecule has 14 nitrogen and oxygen atoms in total. The Kier molecular flexibility index (Phi) is 11.0. The van der Waals surface area contributed by atoms with Crippen LogP contribution in [0.3, 0.4) is 0 Å². The van der Waals surface area contributed by atoms with Crippen LogP contribution in [0.25, 0.3) is 0 Å². The largest absolute Gasteiger partial charge is 0.481 e. The summed E-state index contributed by atoms with van der Waals surface area (Å²) in [6, 6.07) is -2.52. The number of carbonyl (C=O) groups is 4. The number of aliphatic hydroxyl groups excluding tert-OH is 4. The summed E-state index contributed by atoms with van der Waals surface area (Å²) in [5, 5.41) is 51.4. The normalized spacial score (nSPS) is 32.0. The quantitative estimate of drug-likeness (QED) is 0.156. The number of aliphatic hydroxyl groups is 4. The van der Waals surface area contributed by atoms with Crippen molar-refractivity contribution in [3.05, 3.63) is 0 Å². The summed E-state index contributed by atoms with van der Waals surface area (Å²) in [5.41, 5.74) is 0. The van der Waals surface area contributed by atoms with Crippen molar-refractivity contribution in [2.75, 3.05) is 13.2 Å². The first-order valence-electron chi connectivity index (χ1n) is 11.9. The van der Waals surface area contributed by atoms with Gasteiger partial charge in [0.2, 0.25) is 11.8 Å². The lowest BCUT2D eigenvalue weighted by Gasteiger charge is -2.40. The van der Waals surface area contributed by atoms with Crippen molar-refractivity contribution in [3.8, 4) is 0 Å². The van der Waals surface area contributed by atoms with Crippen LogP contribution in [0.4, 0.5) is 0 Å². The fourth-order valence-corrected chi connectivity index (χ4v) is 4.14. The van der Waals surface area contributed by atoms with Gasteiger partial charge in [-0.05, 0) is 27.2 Å². The van der Waals surface area contributed by atoms with E-state index in [4.69, 9.17) is 19.3 Å². The number of hydrogen-bond donors (Lipinski definition) is 6. The Balaban J connectivity index is 2.12. The second-order valence-electron chi connectivity index (χ2n) is 8.96. The zero-order valence-electron chi connectivity index (χ0n) is 20.5. The lowest BCUT2D eigenvalue weighted by molar-refractivity contribution is -0.304. The van der Waals surface area contributed by atoms with E-state index in [1.807, 2.05) is 0 Å². The predicted molar refractivity (Wildman–Crippen MR) is 119 cm³/mol. The van der Waals surface area contributed by atoms with Gasteiger partial charge in [-0.15, -0.1) is 0 Å². The lowest BCUT2D eigenvalue weighted by atomic mass is 10.00. The maximum Gasteiger partial charge on any atom is 0.331 e. The van der Waals surface area contributed by atoms with E-state index in [0.717, 1.165) is 4.90 Å². The topological polar surface area (TPSA) is 212 Å². The molecule has 0 saturated carbocycles. The number of carbonyl (C=O) groups excluding carboxylic acids is 3. The van der Waals surface area contributed by atoms with Gasteiger partial charge in [0.15, 0.2) is 12.3 Å². The highest BCUT2D eigenvalue weighted by Gasteiger charge is 2.45. The number of carboxylic acids is 1. The molecule has 2 rings (SSSR count). The Morgan fingerprint density at radius 1 is 1.08 bits per heavy atom. The average Bonchev–Trinajstić information content (AvgIpc) is 3.21. The van der Waals surface area contributed by atoms with Gasteiger partial charge in [-0.25, -0.2) is 4.79 Å². The van der Waals surface area contributed by atoms with Gasteiger partial charge >= 0.3 is 11.9 Å². The number of hydrogen-bond acceptors (Lipinski definition) is 11. The third-order valence-corrected chi connectivity index (χ3v) is 6.15. The summed E-state index contributed by atoms with van der Waals surface area (Å²) in [6.07, 6.45) is -9.40. The second kappa shape index (κ2) is 13.3. The first-order chi connectivity index (χ1) is 16.9. The van der Waals surface area contributed by atoms with Crippen LogP contribution in [-0.2, 0) is 33.4 Å². The van der Waals surface area contributed by atoms with E-state index < -0.39 is 78.8 Å². The molecule has 6 N–H and O–H groups in total. The Morgan fingerprint density at radius 2 is 1.75 bits per heavy atom. The van der Waals surface area contributed by atoms with E-state index in [0.29, 0.717) is 0 Å². The zero-order chi connectivity index (χ0) is 27.2. The molecule has 206 valence electrons. The van der Waals surface area contributed by atoms with E-state index in [9.17, 15) is 39.6 Å². The minimum absolute atomic E-state index is 0.0151. The second-order valence-corrected chi connectivity index (χ2v) is 8.96. The lowest BCUT2D eigenvalue weighted by Crippen LogP contribution is -2.60. The van der Waals surface area contributed by atoms with Crippen molar-refractivity contribution < 1.29 is 58.9 Å². The number of carboxylic acid groups (broad SMARTS) is 1. The summed E-state index contributed by atoms with van der Waals surface area (Å²) < 4.78 is 16.0. The monoisotopic (exact) mass is 520 g/mol. The van der Waals surface area contributed by atoms with Gasteiger partial charge in [0.1, 0.15) is 24.4 Å². The molecule has 36 heavy (non-hydrogen) atoms. The van der Waals surface area contributed by atoms with Crippen molar-refractivity contribution in [1.82, 2.24) is 10.2 Å². The number of aliphatic carboxylic acids is 1. The molecule has 0 bridgehead atoms. The van der Waals surface area contributed by atoms with Gasteiger partial charge in [0.05, 0.1) is 24.9 Å². The third-order valence-electron chi connectivity index (χ3n) is 6.15. The molecule has 2 aliphatic rings. The number of ether oxygens (including phenoxy) is 3. The molecule has 2 heterocycles. The number of esters is 1. The highest BCUT2D eigenvalue weighted by Crippen LogP contribution is 2.24. The van der Waals surface area contributed by atoms with Crippen molar-refractivity contribution >= 4 is 23.8 Å². The number of β-amino-alcohol motifs (C(OH)–C–C–N with tert-alkyl or cyclic N) is 1. The number of nitrogens with zero attached hydrogens (tertiary/aromatic N) is 1. The molecule has 0 aromatic rings. The maximum atomic E-state index is 13.1. The summed E-state index contributed by atoms with van der Waals surface area (Å²) >= 11 is 0. The molecule has 0 aliphatic carbocycles. The molecule has 2 aliphatic heterocycles. The average molecular weight is 521 g/mol. The molecule has 0 radical (unpaired) electrons. The molecule has 2 saturated heterocycles. The number of nitrogens with one attached hydrogen (secondary N) is 1. The van der Waals surface area contributed by atoms with E-state index in [-0.39, 0.29) is 38.8 Å². The first-order valence-corrected chi connectivity index (χ1v) is 11.9. The van der Waals surface area contributed by atoms with Crippen LogP contribution in [0, 0.1) is 0 Å². The van der Waals surface area contributed by atoms with Gasteiger partial charge in [0.25, 0.3) is 0 Å². The van der Waals surface area contributed by atoms with Crippen molar-refractivity contribution in [2.45, 2.75) is 101 Å². The van der Waals surface area contributed by atoms with E-state index in [2.05, 4.69) is 5.32 Å². The van der Waals surface area contributed by atoms with Gasteiger partial charge in [-0.3, -0.25) is 14.4 Å². The first kappa shape index (κ1) is 29.9. The summed E-state index contributed by atoms with van der Waals surface area (Å²) in [7, 11) is 0. The standard InChI is InChI=1S/C22H36N2O12/c1-4-34-21(33)16(10(2)35-22-19(31)18(30)17(29)11(3)36-22)23-20(32)13-8-12(25)9-24(13)14(26)6-5-7-15(27)28/h10-13,16-19,22,25,29-31H,4-9H2,1-3H3,(H,23,32)(H,27,28)/t10-,11+,12+,13-,16+,17-,18?,19?,22-/m1/s1.